The van der Waals surface area contributed by atoms with Gasteiger partial charge in [-0.25, -0.2) is 9.50 Å². The van der Waals surface area contributed by atoms with Crippen LogP contribution in [0.25, 0.3) is 28.0 Å². The van der Waals surface area contributed by atoms with E-state index in [9.17, 15) is 4.57 Å². The van der Waals surface area contributed by atoms with Crippen molar-refractivity contribution in [3.8, 4) is 22.5 Å². The lowest BCUT2D eigenvalue weighted by atomic mass is 10.1. The second kappa shape index (κ2) is 9.58. The third-order valence-electron chi connectivity index (χ3n) is 6.74. The minimum absolute atomic E-state index is 0.0539. The van der Waals surface area contributed by atoms with Gasteiger partial charge in [0.05, 0.1) is 54.3 Å². The van der Waals surface area contributed by atoms with Gasteiger partial charge in [0.1, 0.15) is 12.2 Å². The van der Waals surface area contributed by atoms with Gasteiger partial charge in [-0.3, -0.25) is 14.7 Å². The van der Waals surface area contributed by atoms with Gasteiger partial charge >= 0.3 is 8.10 Å². The van der Waals surface area contributed by atoms with Gasteiger partial charge in [-0.15, -0.1) is 0 Å². The van der Waals surface area contributed by atoms with Crippen LogP contribution in [0.15, 0.2) is 43.2 Å². The summed E-state index contributed by atoms with van der Waals surface area (Å²) in [7, 11) is 3.96. The monoisotopic (exact) mass is 495 g/mol. The summed E-state index contributed by atoms with van der Waals surface area (Å²) in [5.41, 5.74) is 4.43. The Balaban J connectivity index is 1.46. The van der Waals surface area contributed by atoms with Gasteiger partial charge in [0, 0.05) is 37.6 Å². The standard InChI is InChI=1S/C23H32N10OP/c1-6-18(7-2)30-13-17(11-26-30)22-20-8-9-25-32(20)14-19(28-22)16-10-27-31(12-16)21-15-33(23(21)24-3)35(34)29(4)5/h8-14,18,21,23-24H,6-7,15H2,1-5H3/q+1. The van der Waals surface area contributed by atoms with E-state index in [0.29, 0.717) is 12.6 Å². The molecule has 3 atom stereocenters. The maximum Gasteiger partial charge on any atom is 0.538 e. The van der Waals surface area contributed by atoms with Crippen LogP contribution in [0.5, 0.6) is 0 Å². The summed E-state index contributed by atoms with van der Waals surface area (Å²) in [5.74, 6) is 0. The minimum Gasteiger partial charge on any atom is -0.300 e. The Morgan fingerprint density at radius 2 is 1.89 bits per heavy atom. The van der Waals surface area contributed by atoms with Crippen molar-refractivity contribution in [3.63, 3.8) is 0 Å². The molecule has 1 aliphatic heterocycles. The molecule has 0 radical (unpaired) electrons. The van der Waals surface area contributed by atoms with Crippen molar-refractivity contribution in [1.82, 2.24) is 48.8 Å². The number of likely N-dealkylation sites (N-methyl/N-ethyl adjacent to an activating group) is 1. The fourth-order valence-corrected chi connectivity index (χ4v) is 5.94. The van der Waals surface area contributed by atoms with Crippen molar-refractivity contribution in [1.29, 1.82) is 0 Å². The third-order valence-corrected chi connectivity index (χ3v) is 8.27. The Bertz CT molecular complexity index is 1340. The summed E-state index contributed by atoms with van der Waals surface area (Å²) < 4.78 is 22.1. The van der Waals surface area contributed by atoms with E-state index in [-0.39, 0.29) is 12.2 Å². The Morgan fingerprint density at radius 1 is 1.11 bits per heavy atom. The zero-order valence-electron chi connectivity index (χ0n) is 20.8. The van der Waals surface area contributed by atoms with E-state index in [1.807, 2.05) is 70.5 Å². The van der Waals surface area contributed by atoms with Gasteiger partial charge in [0.25, 0.3) is 0 Å². The van der Waals surface area contributed by atoms with Crippen LogP contribution < -0.4 is 5.32 Å². The van der Waals surface area contributed by atoms with Gasteiger partial charge in [-0.05, 0) is 30.5 Å². The Hall–Kier alpha value is -2.98. The molecule has 1 saturated heterocycles. The number of aromatic nitrogens is 7. The molecule has 4 aromatic heterocycles. The molecule has 5 rings (SSSR count). The Labute approximate surface area is 205 Å². The lowest BCUT2D eigenvalue weighted by molar-refractivity contribution is 0.0740. The van der Waals surface area contributed by atoms with Crippen molar-refractivity contribution in [2.45, 2.75) is 44.9 Å². The van der Waals surface area contributed by atoms with E-state index in [4.69, 9.17) is 4.98 Å². The van der Waals surface area contributed by atoms with Crippen molar-refractivity contribution in [3.05, 3.63) is 43.2 Å². The van der Waals surface area contributed by atoms with Crippen LogP contribution in [0.1, 0.15) is 38.8 Å². The van der Waals surface area contributed by atoms with Crippen LogP contribution in [0.4, 0.5) is 0 Å². The average molecular weight is 496 g/mol. The number of hydrogen-bond acceptors (Lipinski definition) is 6. The molecule has 5 heterocycles. The highest BCUT2D eigenvalue weighted by molar-refractivity contribution is 7.39. The quantitative estimate of drug-likeness (QED) is 0.353. The first-order chi connectivity index (χ1) is 16.9. The van der Waals surface area contributed by atoms with E-state index in [1.165, 1.54) is 0 Å². The zero-order chi connectivity index (χ0) is 24.7. The van der Waals surface area contributed by atoms with E-state index in [1.54, 1.807) is 10.9 Å². The van der Waals surface area contributed by atoms with Crippen LogP contribution in [0.2, 0.25) is 0 Å². The van der Waals surface area contributed by atoms with E-state index in [0.717, 1.165) is 40.9 Å². The highest BCUT2D eigenvalue weighted by atomic mass is 31.1. The molecule has 0 saturated carbocycles. The summed E-state index contributed by atoms with van der Waals surface area (Å²) in [4.78, 5) is 5.01. The number of nitrogens with one attached hydrogen (secondary N) is 1. The van der Waals surface area contributed by atoms with E-state index < -0.39 is 8.10 Å². The smallest absolute Gasteiger partial charge is 0.300 e. The van der Waals surface area contributed by atoms with Crippen LogP contribution in [0.3, 0.4) is 0 Å². The lowest BCUT2D eigenvalue weighted by Crippen LogP contribution is -2.60. The van der Waals surface area contributed by atoms with Crippen LogP contribution in [-0.4, -0.2) is 77.4 Å². The summed E-state index contributed by atoms with van der Waals surface area (Å²) in [6.45, 7) is 5.02. The predicted octanol–water partition coefficient (Wildman–Crippen LogP) is 3.44. The predicted molar refractivity (Wildman–Crippen MR) is 135 cm³/mol. The normalized spacial score (nSPS) is 19.1. The van der Waals surface area contributed by atoms with Crippen LogP contribution in [-0.2, 0) is 4.57 Å². The molecular weight excluding hydrogens is 463 g/mol. The fourth-order valence-electron chi connectivity index (χ4n) is 4.69. The maximum absolute atomic E-state index is 12.6. The largest absolute Gasteiger partial charge is 0.538 e. The number of nitrogens with zero attached hydrogens (tertiary/aromatic N) is 9. The first-order valence-corrected chi connectivity index (χ1v) is 13.1. The van der Waals surface area contributed by atoms with Crippen molar-refractivity contribution < 1.29 is 4.57 Å². The molecule has 3 unspecified atom stereocenters. The van der Waals surface area contributed by atoms with Gasteiger partial charge in [0.15, 0.2) is 0 Å². The number of hydrogen-bond donors (Lipinski definition) is 1. The second-order valence-corrected chi connectivity index (χ2v) is 10.9. The van der Waals surface area contributed by atoms with Gasteiger partial charge < -0.3 is 0 Å². The topological polar surface area (TPSA) is 101 Å². The molecule has 0 amide bonds. The maximum atomic E-state index is 12.6. The van der Waals surface area contributed by atoms with E-state index in [2.05, 4.69) is 40.7 Å². The molecule has 184 valence electrons. The molecule has 1 fully saturated rings. The molecule has 4 aromatic rings. The minimum atomic E-state index is -1.58. The van der Waals surface area contributed by atoms with Crippen molar-refractivity contribution in [2.75, 3.05) is 27.7 Å². The summed E-state index contributed by atoms with van der Waals surface area (Å²) >= 11 is 0. The van der Waals surface area contributed by atoms with Crippen LogP contribution in [0, 0.1) is 0 Å². The number of rotatable bonds is 9. The number of fused-ring (bicyclic) bond motifs is 1. The molecule has 12 heteroatoms. The van der Waals surface area contributed by atoms with E-state index >= 15 is 0 Å². The Kier molecular flexibility index (Phi) is 6.50. The first-order valence-electron chi connectivity index (χ1n) is 12.0. The Morgan fingerprint density at radius 3 is 2.60 bits per heavy atom. The molecule has 0 bridgehead atoms. The summed E-state index contributed by atoms with van der Waals surface area (Å²) in [6.07, 6.45) is 13.5. The van der Waals surface area contributed by atoms with Gasteiger partial charge in [0.2, 0.25) is 0 Å². The molecule has 1 N–H and O–H groups in total. The average Bonchev–Trinajstić information content (AvgIpc) is 3.59. The fraction of sp³-hybridized carbons (Fsp3) is 0.478. The van der Waals surface area contributed by atoms with Gasteiger partial charge in [-0.2, -0.15) is 15.3 Å². The highest BCUT2D eigenvalue weighted by Gasteiger charge is 2.52. The van der Waals surface area contributed by atoms with Crippen LogP contribution >= 0.6 is 8.10 Å². The highest BCUT2D eigenvalue weighted by Crippen LogP contribution is 2.42. The van der Waals surface area contributed by atoms with Crippen molar-refractivity contribution >= 4 is 13.6 Å². The second-order valence-electron chi connectivity index (χ2n) is 9.05. The molecule has 0 aliphatic carbocycles. The molecule has 0 aromatic carbocycles. The first kappa shape index (κ1) is 23.7. The molecule has 1 aliphatic rings. The summed E-state index contributed by atoms with van der Waals surface area (Å²) in [6, 6.07) is 2.42. The van der Waals surface area contributed by atoms with Crippen molar-refractivity contribution in [2.24, 2.45) is 0 Å². The van der Waals surface area contributed by atoms with Gasteiger partial charge in [-0.1, -0.05) is 23.2 Å². The third kappa shape index (κ3) is 4.18. The zero-order valence-corrected chi connectivity index (χ0v) is 21.7. The molecular formula is C23H32N10OP+. The lowest BCUT2D eigenvalue weighted by Gasteiger charge is -2.40. The SMILES string of the molecule is CCC(CC)n1cc(-c2nc(-c3cnn(C4CN([P+](=O)N(C)C)C4NC)c3)cn3nccc23)cn1. The molecule has 11 nitrogen and oxygen atoms in total. The molecule has 0 spiro atoms. The molecule has 35 heavy (non-hydrogen) atoms. The summed E-state index contributed by atoms with van der Waals surface area (Å²) in [5, 5.41) is 17.0.